The second-order valence-corrected chi connectivity index (χ2v) is 28.6. The molecule has 21 nitrogen and oxygen atoms in total. The lowest BCUT2D eigenvalue weighted by Crippen LogP contribution is -2.56. The summed E-state index contributed by atoms with van der Waals surface area (Å²) in [6.07, 6.45) is -3.06. The molecule has 0 bridgehead atoms. The first kappa shape index (κ1) is 83.1. The highest BCUT2D eigenvalue weighted by atomic mass is 19.1. The van der Waals surface area contributed by atoms with E-state index >= 15 is 0 Å². The lowest BCUT2D eigenvalue weighted by Gasteiger charge is -2.30. The number of carbonyl (C=O) groups excluding carboxylic acids is 5. The maximum Gasteiger partial charge on any atom is 0.407 e. The second-order valence-electron chi connectivity index (χ2n) is 28.6. The molecule has 11 N–H and O–H groups in total. The van der Waals surface area contributed by atoms with Crippen molar-refractivity contribution in [3.63, 3.8) is 0 Å². The van der Waals surface area contributed by atoms with Crippen LogP contribution in [0, 0.1) is 29.4 Å². The van der Waals surface area contributed by atoms with Gasteiger partial charge in [0.25, 0.3) is 0 Å². The number of carboxylic acids is 3. The number of alkyl carbamates (subject to hydrolysis) is 2. The van der Waals surface area contributed by atoms with E-state index in [0.717, 1.165) is 66.8 Å². The number of ether oxygens (including phenoxy) is 4. The van der Waals surface area contributed by atoms with E-state index in [9.17, 15) is 57.4 Å². The molecule has 0 saturated carbocycles. The Hall–Kier alpha value is -11.1. The summed E-state index contributed by atoms with van der Waals surface area (Å²) in [4.78, 5) is 96.8. The summed E-state index contributed by atoms with van der Waals surface area (Å²) in [5.74, 6) is -7.83. The Bertz CT molecular complexity index is 4340. The lowest BCUT2D eigenvalue weighted by atomic mass is 9.88. The number of halogens is 2. The van der Waals surface area contributed by atoms with Crippen LogP contribution in [0.5, 0.6) is 0 Å². The number of fused-ring (bicyclic) bond motifs is 9. The van der Waals surface area contributed by atoms with Crippen LogP contribution in [0.1, 0.15) is 138 Å². The van der Waals surface area contributed by atoms with Crippen molar-refractivity contribution in [2.45, 2.75) is 141 Å². The minimum atomic E-state index is -1.76. The number of hydrogen-bond acceptors (Lipinski definition) is 14. The van der Waals surface area contributed by atoms with E-state index in [-0.39, 0.29) is 79.7 Å². The average Bonchev–Trinajstić information content (AvgIpc) is 1.63. The molecule has 0 saturated heterocycles. The Morgan fingerprint density at radius 2 is 0.785 bits per heavy atom. The number of carbonyl (C=O) groups is 8. The van der Waals surface area contributed by atoms with E-state index in [1.165, 1.54) is 51.1 Å². The number of aliphatic carboxylic acids is 3. The smallest absolute Gasteiger partial charge is 0.407 e. The zero-order chi connectivity index (χ0) is 77.4. The van der Waals surface area contributed by atoms with Crippen molar-refractivity contribution in [3.05, 3.63) is 250 Å². The fraction of sp³-hybridized carbons (Fsp3) is 0.333. The number of nitrogens with one attached hydrogen (secondary N) is 3. The Labute approximate surface area is 621 Å². The highest BCUT2D eigenvalue weighted by Crippen LogP contribution is 2.47. The molecule has 3 aliphatic rings. The van der Waals surface area contributed by atoms with E-state index in [1.807, 2.05) is 109 Å². The van der Waals surface area contributed by atoms with E-state index in [4.69, 9.17) is 34.9 Å². The van der Waals surface area contributed by atoms with Crippen molar-refractivity contribution in [1.29, 1.82) is 0 Å². The zero-order valence-electron chi connectivity index (χ0n) is 61.4. The minimum absolute atomic E-state index is 0. The third-order valence-electron chi connectivity index (χ3n) is 18.6. The van der Waals surface area contributed by atoms with Gasteiger partial charge in [-0.3, -0.25) is 14.4 Å². The summed E-state index contributed by atoms with van der Waals surface area (Å²) < 4.78 is 49.1. The summed E-state index contributed by atoms with van der Waals surface area (Å²) in [6, 6.07) is 57.9. The molecule has 0 fully saturated rings. The molecule has 23 heteroatoms. The normalized spacial score (nSPS) is 14.5. The molecule has 566 valence electrons. The van der Waals surface area contributed by atoms with Crippen LogP contribution in [0.2, 0.25) is 0 Å². The fourth-order valence-electron chi connectivity index (χ4n) is 12.9. The van der Waals surface area contributed by atoms with Gasteiger partial charge in [-0.1, -0.05) is 210 Å². The SMILES string of the molecule is CC(C)[C@H](CC(=O)OCC1c2ccccc2-c2ccccc21)C(=O)N[C@@](C)(Cc1ccccc1F)C(=O)O.CC(C)[C@H](NC(=O)OCC1c2ccccc2-c2ccccc21)C(=O)O.C[C@@H](O)[C@H](NC(=O)OCC1c2ccccc2-c2ccccc21)C(=O)OC(C)(C)C.C[C@](N)(Cc1ccccc1F)C(=O)O.O. The van der Waals surface area contributed by atoms with Gasteiger partial charge in [0.05, 0.1) is 18.4 Å². The first-order chi connectivity index (χ1) is 50.2. The van der Waals surface area contributed by atoms with Gasteiger partial charge in [0.1, 0.15) is 54.2 Å². The molecule has 0 radical (unpaired) electrons. The van der Waals surface area contributed by atoms with Crippen molar-refractivity contribution in [2.24, 2.45) is 23.5 Å². The van der Waals surface area contributed by atoms with Crippen LogP contribution in [0.3, 0.4) is 0 Å². The maximum atomic E-state index is 14.2. The Morgan fingerprint density at radius 1 is 0.458 bits per heavy atom. The molecule has 0 aliphatic heterocycles. The third kappa shape index (κ3) is 21.3. The van der Waals surface area contributed by atoms with Crippen molar-refractivity contribution in [2.75, 3.05) is 19.8 Å². The van der Waals surface area contributed by atoms with Crippen LogP contribution in [0.15, 0.2) is 194 Å². The Balaban J connectivity index is 0.000000208. The number of benzene rings is 8. The number of aliphatic hydroxyl groups excluding tert-OH is 1. The monoisotopic (exact) mass is 1470 g/mol. The standard InChI is InChI=1S/C31H32FNO5.C23H27NO5.C20H21NO4.C10H12FNO2.H2O/c1-19(2)25(29(35)33-31(3,30(36)37)17-20-10-4-9-15-27(20)32)16-28(34)38-18-26-23-13-7-5-11-21(23)22-12-6-8-14-24(22)26;1-14(25)20(21(26)29-23(2,3)4)24-22(27)28-13-19-17-11-7-5-9-15(17)16-10-6-8-12-18(16)19;1-12(2)18(19(22)23)21-20(24)25-11-17-15-9-5-3-7-13(15)14-8-4-6-10-16(14)17;1-10(12,9(13)14)6-7-4-2-3-5-8(7)11;/h4-15,19,25-26H,16-18H2,1-3H3,(H,33,35)(H,36,37);5-12,14,19-20,25H,13H2,1-4H3,(H,24,27);3-10,12,17-18H,11H2,1-2H3,(H,21,24)(H,22,23);2-5H,6,12H2,1H3,(H,13,14);1H2/t25-,31-;14-,20+;18-;10-;/m0100./s1. The van der Waals surface area contributed by atoms with Gasteiger partial charge in [0.15, 0.2) is 6.04 Å². The number of aliphatic hydroxyl groups is 1. The van der Waals surface area contributed by atoms with Crippen molar-refractivity contribution >= 4 is 47.9 Å². The summed E-state index contributed by atoms with van der Waals surface area (Å²) in [5.41, 5.74) is 15.5. The molecule has 3 amide bonds. The highest BCUT2D eigenvalue weighted by molar-refractivity contribution is 5.91. The van der Waals surface area contributed by atoms with E-state index in [2.05, 4.69) is 52.3 Å². The number of esters is 2. The van der Waals surface area contributed by atoms with Gasteiger partial charge >= 0.3 is 42.0 Å². The van der Waals surface area contributed by atoms with Crippen LogP contribution in [-0.2, 0) is 60.6 Å². The van der Waals surface area contributed by atoms with Gasteiger partial charge in [-0.25, -0.2) is 32.8 Å². The van der Waals surface area contributed by atoms with Crippen LogP contribution < -0.4 is 21.7 Å². The van der Waals surface area contributed by atoms with Gasteiger partial charge in [0, 0.05) is 30.6 Å². The molecule has 0 spiro atoms. The molecular formula is C84H94F2N4O17. The number of nitrogens with two attached hydrogens (primary N) is 1. The molecule has 8 aromatic carbocycles. The Morgan fingerprint density at radius 3 is 1.09 bits per heavy atom. The van der Waals surface area contributed by atoms with Crippen molar-refractivity contribution in [1.82, 2.24) is 16.0 Å². The van der Waals surface area contributed by atoms with Gasteiger partial charge < -0.3 is 66.5 Å². The molecule has 0 heterocycles. The second kappa shape index (κ2) is 36.7. The summed E-state index contributed by atoms with van der Waals surface area (Å²) in [5, 5.41) is 45.1. The molecule has 0 aromatic heterocycles. The van der Waals surface area contributed by atoms with E-state index in [0.29, 0.717) is 5.56 Å². The number of amides is 3. The molecule has 11 rings (SSSR count). The summed E-state index contributed by atoms with van der Waals surface area (Å²) >= 11 is 0. The molecule has 0 unspecified atom stereocenters. The van der Waals surface area contributed by atoms with Gasteiger partial charge in [-0.05, 0) is 143 Å². The number of carboxylic acid groups (broad SMARTS) is 3. The first-order valence-electron chi connectivity index (χ1n) is 34.9. The largest absolute Gasteiger partial charge is 0.480 e. The van der Waals surface area contributed by atoms with Crippen LogP contribution in [-0.4, -0.2) is 129 Å². The van der Waals surface area contributed by atoms with Crippen LogP contribution in [0.25, 0.3) is 33.4 Å². The lowest BCUT2D eigenvalue weighted by molar-refractivity contribution is -0.160. The van der Waals surface area contributed by atoms with Gasteiger partial charge in [-0.2, -0.15) is 0 Å². The maximum absolute atomic E-state index is 14.2. The number of hydrogen-bond donors (Lipinski definition) is 8. The molecule has 6 atom stereocenters. The predicted molar refractivity (Wildman–Crippen MR) is 400 cm³/mol. The number of rotatable bonds is 23. The molecule has 3 aliphatic carbocycles. The summed E-state index contributed by atoms with van der Waals surface area (Å²) in [7, 11) is 0. The Kier molecular flexibility index (Phi) is 28.5. The third-order valence-corrected chi connectivity index (χ3v) is 18.6. The minimum Gasteiger partial charge on any atom is -0.480 e. The molecule has 8 aromatic rings. The van der Waals surface area contributed by atoms with Crippen LogP contribution in [0.4, 0.5) is 18.4 Å². The summed E-state index contributed by atoms with van der Waals surface area (Å²) in [6.45, 7) is 16.8. The van der Waals surface area contributed by atoms with Gasteiger partial charge in [0.2, 0.25) is 5.91 Å². The topological polar surface area (TPSA) is 348 Å². The predicted octanol–water partition coefficient (Wildman–Crippen LogP) is 12.9. The van der Waals surface area contributed by atoms with E-state index in [1.54, 1.807) is 66.7 Å². The molecular weight excluding hydrogens is 1370 g/mol. The van der Waals surface area contributed by atoms with Crippen LogP contribution >= 0.6 is 0 Å². The average molecular weight is 1470 g/mol. The van der Waals surface area contributed by atoms with Gasteiger partial charge in [-0.15, -0.1) is 0 Å². The molecule has 107 heavy (non-hydrogen) atoms. The van der Waals surface area contributed by atoms with E-state index < -0.39 is 100 Å². The zero-order valence-corrected chi connectivity index (χ0v) is 61.4. The van der Waals surface area contributed by atoms with Crippen molar-refractivity contribution in [3.8, 4) is 33.4 Å². The first-order valence-corrected chi connectivity index (χ1v) is 34.9. The fourth-order valence-corrected chi connectivity index (χ4v) is 12.9. The highest BCUT2D eigenvalue weighted by Gasteiger charge is 2.40. The quantitative estimate of drug-likeness (QED) is 0.0218. The van der Waals surface area contributed by atoms with Crippen molar-refractivity contribution < 1.29 is 92.0 Å².